The second-order valence-corrected chi connectivity index (χ2v) is 8.42. The van der Waals surface area contributed by atoms with Crippen molar-refractivity contribution in [1.29, 1.82) is 0 Å². The number of ketones is 1. The highest BCUT2D eigenvalue weighted by Crippen LogP contribution is 2.27. The number of rotatable bonds is 18. The standard InChI is InChI=1S/C26H42O3/c1-3-4-5-6-7-8-9-10-11-12-13-14-15-16-21-25(26(28)29)24-20-18-17-19-23(24)22(2)27/h17-20,25H,3-16,21H2,1-2H3,(H,28,29). The summed E-state index contributed by atoms with van der Waals surface area (Å²) in [7, 11) is 0. The first kappa shape index (κ1) is 25.4. The van der Waals surface area contributed by atoms with Crippen LogP contribution >= 0.6 is 0 Å². The Bertz CT molecular complexity index is 579. The molecule has 0 aliphatic rings. The Labute approximate surface area is 178 Å². The van der Waals surface area contributed by atoms with Crippen molar-refractivity contribution in [3.05, 3.63) is 35.4 Å². The number of unbranched alkanes of at least 4 members (excludes halogenated alkanes) is 13. The first-order chi connectivity index (χ1) is 14.1. The van der Waals surface area contributed by atoms with Crippen LogP contribution in [-0.4, -0.2) is 16.9 Å². The molecule has 29 heavy (non-hydrogen) atoms. The van der Waals surface area contributed by atoms with Crippen LogP contribution in [0.5, 0.6) is 0 Å². The lowest BCUT2D eigenvalue weighted by molar-refractivity contribution is -0.139. The van der Waals surface area contributed by atoms with Gasteiger partial charge in [-0.25, -0.2) is 0 Å². The van der Waals surface area contributed by atoms with E-state index in [2.05, 4.69) is 6.92 Å². The molecule has 0 aliphatic carbocycles. The second-order valence-electron chi connectivity index (χ2n) is 8.42. The Morgan fingerprint density at radius 1 is 0.759 bits per heavy atom. The van der Waals surface area contributed by atoms with Gasteiger partial charge in [-0.15, -0.1) is 0 Å². The molecule has 1 aromatic rings. The minimum Gasteiger partial charge on any atom is -0.481 e. The summed E-state index contributed by atoms with van der Waals surface area (Å²) in [6.07, 6.45) is 18.7. The van der Waals surface area contributed by atoms with Crippen molar-refractivity contribution in [3.8, 4) is 0 Å². The molecule has 1 N–H and O–H groups in total. The van der Waals surface area contributed by atoms with Gasteiger partial charge in [-0.3, -0.25) is 9.59 Å². The molecule has 0 spiro atoms. The van der Waals surface area contributed by atoms with Gasteiger partial charge in [0.1, 0.15) is 0 Å². The van der Waals surface area contributed by atoms with E-state index in [1.165, 1.54) is 84.0 Å². The molecule has 0 saturated heterocycles. The Kier molecular flexibility index (Phi) is 14.2. The molecule has 1 unspecified atom stereocenters. The second kappa shape index (κ2) is 16.2. The van der Waals surface area contributed by atoms with Crippen LogP contribution < -0.4 is 0 Å². The van der Waals surface area contributed by atoms with Gasteiger partial charge in [-0.05, 0) is 18.9 Å². The van der Waals surface area contributed by atoms with E-state index in [-0.39, 0.29) is 5.78 Å². The van der Waals surface area contributed by atoms with Gasteiger partial charge >= 0.3 is 5.97 Å². The maximum atomic E-state index is 11.8. The average Bonchev–Trinajstić information content (AvgIpc) is 2.70. The van der Waals surface area contributed by atoms with Crippen LogP contribution in [0.4, 0.5) is 0 Å². The Balaban J connectivity index is 2.13. The molecule has 1 aromatic carbocycles. The lowest BCUT2D eigenvalue weighted by Crippen LogP contribution is -2.15. The average molecular weight is 403 g/mol. The molecule has 3 heteroatoms. The maximum absolute atomic E-state index is 11.8. The fraction of sp³-hybridized carbons (Fsp3) is 0.692. The SMILES string of the molecule is CCCCCCCCCCCCCCCCC(C(=O)O)c1ccccc1C(C)=O. The van der Waals surface area contributed by atoms with Crippen molar-refractivity contribution >= 4 is 11.8 Å². The molecule has 1 atom stereocenters. The fourth-order valence-corrected chi connectivity index (χ4v) is 4.08. The van der Waals surface area contributed by atoms with Crippen LogP contribution in [0.2, 0.25) is 0 Å². The summed E-state index contributed by atoms with van der Waals surface area (Å²) in [5, 5.41) is 9.63. The minimum atomic E-state index is -0.826. The van der Waals surface area contributed by atoms with Gasteiger partial charge < -0.3 is 5.11 Å². The van der Waals surface area contributed by atoms with Crippen LogP contribution in [0, 0.1) is 0 Å². The van der Waals surface area contributed by atoms with Gasteiger partial charge in [0.15, 0.2) is 5.78 Å². The zero-order valence-corrected chi connectivity index (χ0v) is 18.8. The summed E-state index contributed by atoms with van der Waals surface area (Å²) in [4.78, 5) is 23.5. The summed E-state index contributed by atoms with van der Waals surface area (Å²) in [6.45, 7) is 3.77. The molecule has 3 nitrogen and oxygen atoms in total. The van der Waals surface area contributed by atoms with Crippen molar-refractivity contribution in [3.63, 3.8) is 0 Å². The highest BCUT2D eigenvalue weighted by atomic mass is 16.4. The van der Waals surface area contributed by atoms with E-state index < -0.39 is 11.9 Å². The monoisotopic (exact) mass is 402 g/mol. The minimum absolute atomic E-state index is 0.0622. The third-order valence-corrected chi connectivity index (χ3v) is 5.86. The van der Waals surface area contributed by atoms with Gasteiger partial charge in [0, 0.05) is 5.56 Å². The number of benzene rings is 1. The highest BCUT2D eigenvalue weighted by molar-refractivity contribution is 5.97. The normalized spacial score (nSPS) is 12.1. The summed E-state index contributed by atoms with van der Waals surface area (Å²) >= 11 is 0. The Hall–Kier alpha value is -1.64. The first-order valence-corrected chi connectivity index (χ1v) is 11.9. The van der Waals surface area contributed by atoms with Crippen LogP contribution in [0.3, 0.4) is 0 Å². The van der Waals surface area contributed by atoms with E-state index >= 15 is 0 Å². The molecule has 0 aromatic heterocycles. The number of carboxylic acids is 1. The van der Waals surface area contributed by atoms with Crippen molar-refractivity contribution in [2.24, 2.45) is 0 Å². The van der Waals surface area contributed by atoms with Crippen LogP contribution in [0.25, 0.3) is 0 Å². The maximum Gasteiger partial charge on any atom is 0.310 e. The highest BCUT2D eigenvalue weighted by Gasteiger charge is 2.23. The Morgan fingerprint density at radius 2 is 1.21 bits per heavy atom. The van der Waals surface area contributed by atoms with E-state index in [1.54, 1.807) is 18.2 Å². The molecular weight excluding hydrogens is 360 g/mol. The molecule has 0 bridgehead atoms. The van der Waals surface area contributed by atoms with E-state index in [0.717, 1.165) is 12.8 Å². The molecule has 0 saturated carbocycles. The van der Waals surface area contributed by atoms with E-state index in [1.807, 2.05) is 6.07 Å². The molecule has 0 amide bonds. The molecule has 0 heterocycles. The van der Waals surface area contributed by atoms with Gasteiger partial charge in [-0.2, -0.15) is 0 Å². The van der Waals surface area contributed by atoms with E-state index in [9.17, 15) is 14.7 Å². The molecule has 0 radical (unpaired) electrons. The largest absolute Gasteiger partial charge is 0.481 e. The molecular formula is C26H42O3. The summed E-state index contributed by atoms with van der Waals surface area (Å²) < 4.78 is 0. The summed E-state index contributed by atoms with van der Waals surface area (Å²) in [6, 6.07) is 7.15. The number of carbonyl (C=O) groups excluding carboxylic acids is 1. The number of carbonyl (C=O) groups is 2. The van der Waals surface area contributed by atoms with Crippen molar-refractivity contribution in [2.45, 2.75) is 116 Å². The first-order valence-electron chi connectivity index (χ1n) is 11.9. The number of carboxylic acid groups (broad SMARTS) is 1. The zero-order valence-electron chi connectivity index (χ0n) is 18.8. The zero-order chi connectivity index (χ0) is 21.3. The number of hydrogen-bond donors (Lipinski definition) is 1. The third kappa shape index (κ3) is 11.2. The van der Waals surface area contributed by atoms with Gasteiger partial charge in [0.25, 0.3) is 0 Å². The molecule has 0 fully saturated rings. The van der Waals surface area contributed by atoms with Crippen LogP contribution in [0.15, 0.2) is 24.3 Å². The van der Waals surface area contributed by atoms with Gasteiger partial charge in [0.05, 0.1) is 5.92 Å². The third-order valence-electron chi connectivity index (χ3n) is 5.86. The smallest absolute Gasteiger partial charge is 0.310 e. The van der Waals surface area contributed by atoms with Crippen LogP contribution in [0.1, 0.15) is 132 Å². The quantitative estimate of drug-likeness (QED) is 0.200. The van der Waals surface area contributed by atoms with Crippen LogP contribution in [-0.2, 0) is 4.79 Å². The van der Waals surface area contributed by atoms with Gasteiger partial charge in [-0.1, -0.05) is 121 Å². The van der Waals surface area contributed by atoms with Crippen molar-refractivity contribution < 1.29 is 14.7 Å². The molecule has 164 valence electrons. The number of aliphatic carboxylic acids is 1. The van der Waals surface area contributed by atoms with Crippen molar-refractivity contribution in [1.82, 2.24) is 0 Å². The van der Waals surface area contributed by atoms with Gasteiger partial charge in [0.2, 0.25) is 0 Å². The predicted octanol–water partition coefficient (Wildman–Crippen LogP) is 7.93. The lowest BCUT2D eigenvalue weighted by atomic mass is 9.88. The summed E-state index contributed by atoms with van der Waals surface area (Å²) in [5.41, 5.74) is 1.22. The fourth-order valence-electron chi connectivity index (χ4n) is 4.08. The lowest BCUT2D eigenvalue weighted by Gasteiger charge is -2.15. The van der Waals surface area contributed by atoms with Crippen molar-refractivity contribution in [2.75, 3.05) is 0 Å². The topological polar surface area (TPSA) is 54.4 Å². The number of hydrogen-bond acceptors (Lipinski definition) is 2. The molecule has 0 aliphatic heterocycles. The van der Waals surface area contributed by atoms with E-state index in [0.29, 0.717) is 17.5 Å². The number of Topliss-reactive ketones (excluding diaryl/α,β-unsaturated/α-hetero) is 1. The predicted molar refractivity (Wildman–Crippen MR) is 122 cm³/mol. The summed E-state index contributed by atoms with van der Waals surface area (Å²) in [5.74, 6) is -1.46. The van der Waals surface area contributed by atoms with E-state index in [4.69, 9.17) is 0 Å². The Morgan fingerprint density at radius 3 is 1.66 bits per heavy atom. The molecule has 1 rings (SSSR count).